The molecule has 0 heteroatoms. The van der Waals surface area contributed by atoms with Gasteiger partial charge < -0.3 is 0 Å². The summed E-state index contributed by atoms with van der Waals surface area (Å²) in [5.74, 6) is 0. The van der Waals surface area contributed by atoms with Gasteiger partial charge in [0.25, 0.3) is 0 Å². The number of benzene rings is 12. The van der Waals surface area contributed by atoms with Gasteiger partial charge in [-0.15, -0.1) is 0 Å². The molecule has 13 rings (SSSR count). The van der Waals surface area contributed by atoms with Crippen molar-refractivity contribution >= 4 is 75.4 Å². The number of hydrogen-bond acceptors (Lipinski definition) is 0. The average Bonchev–Trinajstić information content (AvgIpc) is 3.48. The summed E-state index contributed by atoms with van der Waals surface area (Å²) in [5, 5.41) is 18.5. The fourth-order valence-corrected chi connectivity index (χ4v) is 10.7. The van der Waals surface area contributed by atoms with Crippen LogP contribution in [0, 0.1) is 0 Å². The van der Waals surface area contributed by atoms with E-state index < -0.39 is 0 Å². The van der Waals surface area contributed by atoms with Crippen molar-refractivity contribution in [3.8, 4) is 44.5 Å². The summed E-state index contributed by atoms with van der Waals surface area (Å²) in [6.07, 6.45) is 0. The molecule has 0 bridgehead atoms. The molecule has 0 saturated carbocycles. The molecule has 0 amide bonds. The molecule has 0 spiro atoms. The zero-order valence-corrected chi connectivity index (χ0v) is 31.8. The van der Waals surface area contributed by atoms with Crippen LogP contribution in [0.1, 0.15) is 25.0 Å². The van der Waals surface area contributed by atoms with Crippen LogP contribution in [-0.4, -0.2) is 0 Å². The minimum atomic E-state index is -0.132. The standard InChI is InChI=1S/C57H36/c1-57(2)51-31-42(21-25-47(51)48-26-22-44(32-52(48)57)46-24-18-38-12-10-34-6-4-8-36-20-28-50(46)56(38)54(34)36)40-13-14-41-30-43(16-15-39(41)29-40)45-23-17-37-11-9-33-5-3-7-35-19-27-49(45)55(37)53(33)35/h3-32H,1-2H3. The zero-order chi connectivity index (χ0) is 37.6. The van der Waals surface area contributed by atoms with Gasteiger partial charge in [-0.1, -0.05) is 172 Å². The van der Waals surface area contributed by atoms with Crippen LogP contribution in [0.15, 0.2) is 182 Å². The van der Waals surface area contributed by atoms with Gasteiger partial charge in [-0.2, -0.15) is 0 Å². The molecule has 0 unspecified atom stereocenters. The lowest BCUT2D eigenvalue weighted by atomic mass is 9.80. The van der Waals surface area contributed by atoms with Crippen LogP contribution in [0.2, 0.25) is 0 Å². The fraction of sp³-hybridized carbons (Fsp3) is 0.0526. The molecule has 0 nitrogen and oxygen atoms in total. The van der Waals surface area contributed by atoms with Crippen molar-refractivity contribution in [1.29, 1.82) is 0 Å². The average molecular weight is 721 g/mol. The summed E-state index contributed by atoms with van der Waals surface area (Å²) < 4.78 is 0. The van der Waals surface area contributed by atoms with E-state index in [0.29, 0.717) is 0 Å². The summed E-state index contributed by atoms with van der Waals surface area (Å²) in [6.45, 7) is 4.80. The lowest BCUT2D eigenvalue weighted by molar-refractivity contribution is 0.661. The summed E-state index contributed by atoms with van der Waals surface area (Å²) in [5.41, 5.74) is 13.0. The van der Waals surface area contributed by atoms with E-state index in [9.17, 15) is 0 Å². The molecule has 264 valence electrons. The minimum absolute atomic E-state index is 0.132. The highest BCUT2D eigenvalue weighted by molar-refractivity contribution is 6.26. The fourth-order valence-electron chi connectivity index (χ4n) is 10.7. The third-order valence-corrected chi connectivity index (χ3v) is 13.5. The van der Waals surface area contributed by atoms with Crippen molar-refractivity contribution in [2.45, 2.75) is 19.3 Å². The van der Waals surface area contributed by atoms with Crippen molar-refractivity contribution in [3.05, 3.63) is 193 Å². The normalized spacial score (nSPS) is 13.6. The van der Waals surface area contributed by atoms with Crippen molar-refractivity contribution in [2.75, 3.05) is 0 Å². The predicted octanol–water partition coefficient (Wildman–Crippen LogP) is 15.9. The van der Waals surface area contributed by atoms with Gasteiger partial charge in [0.2, 0.25) is 0 Å². The van der Waals surface area contributed by atoms with Gasteiger partial charge in [-0.3, -0.25) is 0 Å². The maximum absolute atomic E-state index is 2.47. The van der Waals surface area contributed by atoms with E-state index >= 15 is 0 Å². The second-order valence-electron chi connectivity index (χ2n) is 16.9. The first-order valence-electron chi connectivity index (χ1n) is 20.2. The van der Waals surface area contributed by atoms with E-state index in [4.69, 9.17) is 0 Å². The van der Waals surface area contributed by atoms with E-state index in [1.807, 2.05) is 0 Å². The summed E-state index contributed by atoms with van der Waals surface area (Å²) in [6, 6.07) is 69.0. The third kappa shape index (κ3) is 4.28. The van der Waals surface area contributed by atoms with E-state index in [1.165, 1.54) is 131 Å². The van der Waals surface area contributed by atoms with Crippen molar-refractivity contribution < 1.29 is 0 Å². The maximum Gasteiger partial charge on any atom is 0.0159 e. The first-order valence-corrected chi connectivity index (χ1v) is 20.2. The Bertz CT molecular complexity index is 3620. The van der Waals surface area contributed by atoms with Gasteiger partial charge in [-0.05, 0) is 155 Å². The molecular weight excluding hydrogens is 685 g/mol. The molecule has 12 aromatic rings. The molecule has 0 atom stereocenters. The summed E-state index contributed by atoms with van der Waals surface area (Å²) in [4.78, 5) is 0. The molecule has 0 radical (unpaired) electrons. The summed E-state index contributed by atoms with van der Waals surface area (Å²) in [7, 11) is 0. The van der Waals surface area contributed by atoms with E-state index in [0.717, 1.165) is 0 Å². The summed E-state index contributed by atoms with van der Waals surface area (Å²) >= 11 is 0. The SMILES string of the molecule is CC1(C)c2cc(-c3ccc4cc(-c5ccc6ccc7cccc8ccc5c6c78)ccc4c3)ccc2-c2ccc(-c3ccc4ccc5cccc6ccc3c4c56)cc21. The van der Waals surface area contributed by atoms with Gasteiger partial charge in [0, 0.05) is 5.41 Å². The van der Waals surface area contributed by atoms with Crippen LogP contribution in [0.4, 0.5) is 0 Å². The maximum atomic E-state index is 2.47. The molecule has 0 aliphatic heterocycles. The van der Waals surface area contributed by atoms with E-state index in [1.54, 1.807) is 0 Å². The van der Waals surface area contributed by atoms with Gasteiger partial charge in [-0.25, -0.2) is 0 Å². The van der Waals surface area contributed by atoms with Crippen LogP contribution in [-0.2, 0) is 5.41 Å². The minimum Gasteiger partial charge on any atom is -0.0610 e. The van der Waals surface area contributed by atoms with Crippen LogP contribution in [0.5, 0.6) is 0 Å². The van der Waals surface area contributed by atoms with E-state index in [-0.39, 0.29) is 5.41 Å². The lowest BCUT2D eigenvalue weighted by Crippen LogP contribution is -2.15. The third-order valence-electron chi connectivity index (χ3n) is 13.5. The highest BCUT2D eigenvalue weighted by Crippen LogP contribution is 2.51. The van der Waals surface area contributed by atoms with E-state index in [2.05, 4.69) is 196 Å². The number of fused-ring (bicyclic) bond motifs is 4. The Labute approximate surface area is 330 Å². The molecule has 1 aliphatic rings. The largest absolute Gasteiger partial charge is 0.0610 e. The van der Waals surface area contributed by atoms with Gasteiger partial charge >= 0.3 is 0 Å². The van der Waals surface area contributed by atoms with Crippen molar-refractivity contribution in [2.24, 2.45) is 0 Å². The van der Waals surface area contributed by atoms with Gasteiger partial charge in [0.05, 0.1) is 0 Å². The Morgan fingerprint density at radius 3 is 1.14 bits per heavy atom. The van der Waals surface area contributed by atoms with Crippen molar-refractivity contribution in [3.63, 3.8) is 0 Å². The lowest BCUT2D eigenvalue weighted by Gasteiger charge is -2.23. The smallest absolute Gasteiger partial charge is 0.0159 e. The molecule has 0 fully saturated rings. The first-order chi connectivity index (χ1) is 28.0. The van der Waals surface area contributed by atoms with Gasteiger partial charge in [0.15, 0.2) is 0 Å². The van der Waals surface area contributed by atoms with Crippen LogP contribution >= 0.6 is 0 Å². The van der Waals surface area contributed by atoms with Gasteiger partial charge in [0.1, 0.15) is 0 Å². The van der Waals surface area contributed by atoms with Crippen LogP contribution in [0.3, 0.4) is 0 Å². The zero-order valence-electron chi connectivity index (χ0n) is 31.8. The Hall–Kier alpha value is -7.02. The number of hydrogen-bond donors (Lipinski definition) is 0. The Morgan fingerprint density at radius 1 is 0.263 bits per heavy atom. The molecule has 0 saturated heterocycles. The van der Waals surface area contributed by atoms with Crippen LogP contribution in [0.25, 0.3) is 120 Å². The van der Waals surface area contributed by atoms with Crippen LogP contribution < -0.4 is 0 Å². The Balaban J connectivity index is 0.868. The quantitative estimate of drug-likeness (QED) is 0.159. The molecular formula is C57H36. The highest BCUT2D eigenvalue weighted by Gasteiger charge is 2.36. The molecule has 1 aliphatic carbocycles. The molecule has 0 aromatic heterocycles. The molecule has 0 N–H and O–H groups in total. The van der Waals surface area contributed by atoms with Crippen molar-refractivity contribution in [1.82, 2.24) is 0 Å². The highest BCUT2D eigenvalue weighted by atomic mass is 14.4. The second-order valence-corrected chi connectivity index (χ2v) is 16.9. The molecule has 0 heterocycles. The Kier molecular flexibility index (Phi) is 6.06. The second kappa shape index (κ2) is 11.1. The monoisotopic (exact) mass is 720 g/mol. The Morgan fingerprint density at radius 2 is 0.596 bits per heavy atom. The topological polar surface area (TPSA) is 0 Å². The molecule has 57 heavy (non-hydrogen) atoms. The first kappa shape index (κ1) is 31.2. The number of rotatable bonds is 3. The predicted molar refractivity (Wildman–Crippen MR) is 245 cm³/mol. The molecule has 12 aromatic carbocycles.